The van der Waals surface area contributed by atoms with Crippen LogP contribution in [0.25, 0.3) is 0 Å². The normalized spacial score (nSPS) is 36.7. The quantitative estimate of drug-likeness (QED) is 0.493. The minimum absolute atomic E-state index is 0.109. The van der Waals surface area contributed by atoms with Crippen molar-refractivity contribution in [1.29, 1.82) is 0 Å². The van der Waals surface area contributed by atoms with E-state index in [0.29, 0.717) is 22.6 Å². The fourth-order valence-electron chi connectivity index (χ4n) is 3.42. The lowest BCUT2D eigenvalue weighted by Crippen LogP contribution is -2.61. The van der Waals surface area contributed by atoms with E-state index in [1.807, 2.05) is 0 Å². The summed E-state index contributed by atoms with van der Waals surface area (Å²) in [6, 6.07) is 2.72. The van der Waals surface area contributed by atoms with Gasteiger partial charge in [-0.15, -0.1) is 0 Å². The molecule has 1 aromatic carbocycles. The van der Waals surface area contributed by atoms with E-state index in [-0.39, 0.29) is 25.0 Å². The van der Waals surface area contributed by atoms with Gasteiger partial charge in [0.1, 0.15) is 12.2 Å². The first-order valence-electron chi connectivity index (χ1n) is 6.85. The van der Waals surface area contributed by atoms with E-state index < -0.39 is 24.4 Å². The zero-order valence-corrected chi connectivity index (χ0v) is 11.0. The highest BCUT2D eigenvalue weighted by atomic mass is 16.7. The fraction of sp³-hybridized carbons (Fsp3) is 0.500. The Morgan fingerprint density at radius 1 is 1.10 bits per heavy atom. The molecule has 4 rings (SSSR count). The number of hydrogen-bond donors (Lipinski definition) is 4. The molecule has 0 radical (unpaired) electrons. The van der Waals surface area contributed by atoms with Crippen LogP contribution in [0.5, 0.6) is 11.5 Å². The van der Waals surface area contributed by atoms with Crippen molar-refractivity contribution in [3.05, 3.63) is 23.3 Å². The summed E-state index contributed by atoms with van der Waals surface area (Å²) < 4.78 is 10.6. The number of hydrogen-bond acceptors (Lipinski definition) is 6. The number of carbonyl (C=O) groups is 1. The SMILES string of the molecule is O=C1N[C@H]2[C@H](O)[C@H](O)C(O)C[C@@H]2c2cc3c(cc21)OCO3. The van der Waals surface area contributed by atoms with Gasteiger partial charge in [0.05, 0.1) is 12.1 Å². The number of aliphatic hydroxyl groups is 3. The molecule has 112 valence electrons. The van der Waals surface area contributed by atoms with E-state index >= 15 is 0 Å². The molecule has 1 amide bonds. The van der Waals surface area contributed by atoms with Gasteiger partial charge in [-0.25, -0.2) is 0 Å². The lowest BCUT2D eigenvalue weighted by atomic mass is 9.72. The molecular formula is C14H15NO6. The molecule has 4 N–H and O–H groups in total. The topological polar surface area (TPSA) is 108 Å². The highest BCUT2D eigenvalue weighted by Gasteiger charge is 2.47. The zero-order chi connectivity index (χ0) is 14.7. The van der Waals surface area contributed by atoms with Gasteiger partial charge in [-0.05, 0) is 24.1 Å². The highest BCUT2D eigenvalue weighted by molar-refractivity contribution is 5.98. The van der Waals surface area contributed by atoms with Crippen molar-refractivity contribution in [2.75, 3.05) is 6.79 Å². The second kappa shape index (κ2) is 4.33. The Kier molecular flexibility index (Phi) is 2.66. The highest BCUT2D eigenvalue weighted by Crippen LogP contribution is 2.43. The Balaban J connectivity index is 1.82. The smallest absolute Gasteiger partial charge is 0.252 e. The Bertz CT molecular complexity index is 618. The van der Waals surface area contributed by atoms with E-state index in [1.54, 1.807) is 12.1 Å². The van der Waals surface area contributed by atoms with E-state index in [1.165, 1.54) is 0 Å². The fourth-order valence-corrected chi connectivity index (χ4v) is 3.42. The Labute approximate surface area is 120 Å². The molecule has 0 bridgehead atoms. The van der Waals surface area contributed by atoms with Gasteiger partial charge in [0.2, 0.25) is 6.79 Å². The van der Waals surface area contributed by atoms with Gasteiger partial charge in [0.15, 0.2) is 11.5 Å². The van der Waals surface area contributed by atoms with Crippen LogP contribution in [0, 0.1) is 0 Å². The molecule has 0 saturated heterocycles. The molecule has 1 saturated carbocycles. The summed E-state index contributed by atoms with van der Waals surface area (Å²) in [5.74, 6) is 0.462. The molecule has 2 aliphatic heterocycles. The summed E-state index contributed by atoms with van der Waals surface area (Å²) in [5, 5.41) is 32.5. The largest absolute Gasteiger partial charge is 0.454 e. The average molecular weight is 293 g/mol. The average Bonchev–Trinajstić information content (AvgIpc) is 2.92. The predicted molar refractivity (Wildman–Crippen MR) is 69.2 cm³/mol. The number of nitrogens with one attached hydrogen (secondary N) is 1. The first kappa shape index (κ1) is 12.9. The Hall–Kier alpha value is -1.83. The van der Waals surface area contributed by atoms with Gasteiger partial charge in [0.25, 0.3) is 5.91 Å². The third kappa shape index (κ3) is 1.75. The van der Waals surface area contributed by atoms with Crippen molar-refractivity contribution < 1.29 is 29.6 Å². The molecule has 1 aromatic rings. The number of fused-ring (bicyclic) bond motifs is 4. The van der Waals surface area contributed by atoms with Gasteiger partial charge in [-0.2, -0.15) is 0 Å². The molecule has 0 spiro atoms. The maximum atomic E-state index is 12.2. The molecule has 3 aliphatic rings. The van der Waals surface area contributed by atoms with E-state index in [9.17, 15) is 20.1 Å². The lowest BCUT2D eigenvalue weighted by molar-refractivity contribution is -0.104. The van der Waals surface area contributed by atoms with Crippen molar-refractivity contribution in [2.24, 2.45) is 0 Å². The number of rotatable bonds is 0. The van der Waals surface area contributed by atoms with Crippen molar-refractivity contribution in [3.63, 3.8) is 0 Å². The molecule has 7 nitrogen and oxygen atoms in total. The van der Waals surface area contributed by atoms with Crippen LogP contribution < -0.4 is 14.8 Å². The third-order valence-electron chi connectivity index (χ3n) is 4.53. The summed E-state index contributed by atoms with van der Waals surface area (Å²) in [7, 11) is 0. The number of carbonyl (C=O) groups excluding carboxylic acids is 1. The van der Waals surface area contributed by atoms with Crippen LogP contribution >= 0.6 is 0 Å². The van der Waals surface area contributed by atoms with Crippen LogP contribution in [-0.4, -0.2) is 52.4 Å². The number of ether oxygens (including phenoxy) is 2. The Morgan fingerprint density at radius 3 is 2.57 bits per heavy atom. The van der Waals surface area contributed by atoms with Crippen molar-refractivity contribution in [2.45, 2.75) is 36.7 Å². The molecule has 7 heteroatoms. The van der Waals surface area contributed by atoms with Crippen molar-refractivity contribution >= 4 is 5.91 Å². The first-order valence-corrected chi connectivity index (χ1v) is 6.85. The minimum Gasteiger partial charge on any atom is -0.454 e. The number of benzene rings is 1. The van der Waals surface area contributed by atoms with Gasteiger partial charge < -0.3 is 30.1 Å². The first-order chi connectivity index (χ1) is 10.1. The lowest BCUT2D eigenvalue weighted by Gasteiger charge is -2.44. The standard InChI is InChI=1S/C14H15NO6/c16-8-1-6-5-2-9-10(21-4-20-9)3-7(5)14(19)15-11(6)13(18)12(8)17/h2-3,6,8,11-13,16-18H,1,4H2,(H,15,19)/t6-,8?,11-,12-,13+/m1/s1. The second-order valence-corrected chi connectivity index (χ2v) is 5.68. The minimum atomic E-state index is -1.26. The van der Waals surface area contributed by atoms with Gasteiger partial charge >= 0.3 is 0 Å². The summed E-state index contributed by atoms with van der Waals surface area (Å²) >= 11 is 0. The zero-order valence-electron chi connectivity index (χ0n) is 11.0. The number of amides is 1. The molecule has 0 aromatic heterocycles. The second-order valence-electron chi connectivity index (χ2n) is 5.68. The summed E-state index contributed by atoms with van der Waals surface area (Å²) in [6.07, 6.45) is -3.24. The molecule has 1 aliphatic carbocycles. The van der Waals surface area contributed by atoms with Gasteiger partial charge in [0, 0.05) is 11.5 Å². The molecule has 1 unspecified atom stereocenters. The van der Waals surface area contributed by atoms with Crippen LogP contribution in [0.2, 0.25) is 0 Å². The van der Waals surface area contributed by atoms with Crippen LogP contribution in [0.3, 0.4) is 0 Å². The van der Waals surface area contributed by atoms with Crippen molar-refractivity contribution in [1.82, 2.24) is 5.32 Å². The maximum absolute atomic E-state index is 12.2. The van der Waals surface area contributed by atoms with Gasteiger partial charge in [-0.3, -0.25) is 4.79 Å². The summed E-state index contributed by atoms with van der Waals surface area (Å²) in [4.78, 5) is 12.2. The molecule has 5 atom stereocenters. The van der Waals surface area contributed by atoms with E-state index in [0.717, 1.165) is 0 Å². The molecule has 21 heavy (non-hydrogen) atoms. The van der Waals surface area contributed by atoms with Crippen LogP contribution in [-0.2, 0) is 0 Å². The third-order valence-corrected chi connectivity index (χ3v) is 4.53. The molecular weight excluding hydrogens is 278 g/mol. The maximum Gasteiger partial charge on any atom is 0.252 e. The van der Waals surface area contributed by atoms with E-state index in [2.05, 4.69) is 5.32 Å². The number of aliphatic hydroxyl groups excluding tert-OH is 3. The van der Waals surface area contributed by atoms with Crippen molar-refractivity contribution in [3.8, 4) is 11.5 Å². The van der Waals surface area contributed by atoms with E-state index in [4.69, 9.17) is 9.47 Å². The monoisotopic (exact) mass is 293 g/mol. The molecule has 2 heterocycles. The Morgan fingerprint density at radius 2 is 1.81 bits per heavy atom. The summed E-state index contributed by atoms with van der Waals surface area (Å²) in [6.45, 7) is 0.109. The van der Waals surface area contributed by atoms with Crippen LogP contribution in [0.4, 0.5) is 0 Å². The molecule has 1 fully saturated rings. The summed E-state index contributed by atoms with van der Waals surface area (Å²) in [5.41, 5.74) is 1.16. The van der Waals surface area contributed by atoms with Crippen LogP contribution in [0.1, 0.15) is 28.3 Å². The van der Waals surface area contributed by atoms with Gasteiger partial charge in [-0.1, -0.05) is 0 Å². The predicted octanol–water partition coefficient (Wildman–Crippen LogP) is -0.903. The van der Waals surface area contributed by atoms with Crippen LogP contribution in [0.15, 0.2) is 12.1 Å².